The van der Waals surface area contributed by atoms with Gasteiger partial charge >= 0.3 is 7.12 Å². The maximum Gasteiger partial charge on any atom is 0.457 e. The fourth-order valence-corrected chi connectivity index (χ4v) is 6.23. The van der Waals surface area contributed by atoms with E-state index >= 15 is 0 Å². The average Bonchev–Trinajstić information content (AvgIpc) is 2.94. The first-order valence-corrected chi connectivity index (χ1v) is 14.8. The standard InChI is InChI=1S/C25H49BN4O6S/c1-19(31)27-25(21(32)28-22(2,3)4,20-13-17-30(18-14-20)37(33,34)29(9)10)15-11-12-16-26-35-23(5,6)24(7,8)36-26/h20H,11-18H2,1-10H3,(H,27,31)(H,28,32). The average molecular weight is 545 g/mol. The number of rotatable bonds is 10. The molecule has 0 radical (unpaired) electrons. The van der Waals surface area contributed by atoms with E-state index in [9.17, 15) is 18.0 Å². The Kier molecular flexibility index (Phi) is 9.95. The van der Waals surface area contributed by atoms with E-state index in [1.54, 1.807) is 0 Å². The number of piperidine rings is 1. The van der Waals surface area contributed by atoms with Gasteiger partial charge in [-0.15, -0.1) is 0 Å². The Bertz CT molecular complexity index is 910. The quantitative estimate of drug-likeness (QED) is 0.323. The molecule has 0 saturated carbocycles. The van der Waals surface area contributed by atoms with E-state index in [2.05, 4.69) is 10.6 Å². The Balaban J connectivity index is 2.21. The first-order valence-electron chi connectivity index (χ1n) is 13.4. The zero-order chi connectivity index (χ0) is 28.4. The molecule has 2 amide bonds. The molecule has 0 aromatic rings. The van der Waals surface area contributed by atoms with Gasteiger partial charge < -0.3 is 19.9 Å². The molecule has 2 heterocycles. The van der Waals surface area contributed by atoms with Crippen LogP contribution in [0.4, 0.5) is 0 Å². The highest BCUT2D eigenvalue weighted by molar-refractivity contribution is 7.86. The third-order valence-electron chi connectivity index (χ3n) is 7.79. The molecule has 2 aliphatic heterocycles. The van der Waals surface area contributed by atoms with Crippen molar-refractivity contribution < 1.29 is 27.3 Å². The van der Waals surface area contributed by atoms with Crippen LogP contribution in [-0.4, -0.2) is 85.4 Å². The molecule has 1 unspecified atom stereocenters. The Morgan fingerprint density at radius 3 is 1.95 bits per heavy atom. The molecule has 0 aliphatic carbocycles. The van der Waals surface area contributed by atoms with Crippen LogP contribution in [0.3, 0.4) is 0 Å². The van der Waals surface area contributed by atoms with Crippen molar-refractivity contribution in [1.82, 2.24) is 19.2 Å². The molecule has 2 fully saturated rings. The largest absolute Gasteiger partial charge is 0.457 e. The molecular weight excluding hydrogens is 495 g/mol. The minimum absolute atomic E-state index is 0.204. The van der Waals surface area contributed by atoms with Gasteiger partial charge in [0.2, 0.25) is 11.8 Å². The molecule has 10 nitrogen and oxygen atoms in total. The molecule has 0 bridgehead atoms. The third kappa shape index (κ3) is 7.68. The maximum atomic E-state index is 13.8. The summed E-state index contributed by atoms with van der Waals surface area (Å²) in [4.78, 5) is 26.2. The molecule has 2 saturated heterocycles. The van der Waals surface area contributed by atoms with E-state index in [0.717, 1.165) is 6.42 Å². The number of amides is 2. The Morgan fingerprint density at radius 2 is 1.51 bits per heavy atom. The molecule has 1 atom stereocenters. The topological polar surface area (TPSA) is 117 Å². The molecule has 2 aliphatic rings. The van der Waals surface area contributed by atoms with Crippen LogP contribution in [0.15, 0.2) is 0 Å². The summed E-state index contributed by atoms with van der Waals surface area (Å²) in [5.74, 6) is -0.706. The van der Waals surface area contributed by atoms with Crippen molar-refractivity contribution >= 4 is 29.1 Å². The number of nitrogens with one attached hydrogen (secondary N) is 2. The second kappa shape index (κ2) is 11.5. The lowest BCUT2D eigenvalue weighted by molar-refractivity contribution is -0.138. The summed E-state index contributed by atoms with van der Waals surface area (Å²) in [7, 11) is -0.829. The van der Waals surface area contributed by atoms with Crippen LogP contribution in [-0.2, 0) is 29.1 Å². The predicted molar refractivity (Wildman–Crippen MR) is 146 cm³/mol. The summed E-state index contributed by atoms with van der Waals surface area (Å²) in [6.45, 7) is 15.8. The van der Waals surface area contributed by atoms with Gasteiger partial charge in [0.25, 0.3) is 10.2 Å². The van der Waals surface area contributed by atoms with Crippen molar-refractivity contribution in [2.75, 3.05) is 27.2 Å². The molecule has 2 rings (SSSR count). The first-order chi connectivity index (χ1) is 16.7. The van der Waals surface area contributed by atoms with Crippen LogP contribution in [0.25, 0.3) is 0 Å². The maximum absolute atomic E-state index is 13.8. The van der Waals surface area contributed by atoms with Crippen molar-refractivity contribution in [3.05, 3.63) is 0 Å². The van der Waals surface area contributed by atoms with Crippen molar-refractivity contribution in [3.8, 4) is 0 Å². The van der Waals surface area contributed by atoms with Crippen molar-refractivity contribution in [2.24, 2.45) is 5.92 Å². The normalized spacial score (nSPS) is 22.6. The highest BCUT2D eigenvalue weighted by atomic mass is 32.2. The van der Waals surface area contributed by atoms with Gasteiger partial charge in [0.05, 0.1) is 11.2 Å². The van der Waals surface area contributed by atoms with E-state index in [1.807, 2.05) is 48.5 Å². The van der Waals surface area contributed by atoms with Crippen LogP contribution in [0.1, 0.15) is 87.5 Å². The fourth-order valence-electron chi connectivity index (χ4n) is 5.10. The lowest BCUT2D eigenvalue weighted by Gasteiger charge is -2.45. The van der Waals surface area contributed by atoms with Crippen molar-refractivity contribution in [1.29, 1.82) is 0 Å². The summed E-state index contributed by atoms with van der Waals surface area (Å²) in [5.41, 5.74) is -2.42. The van der Waals surface area contributed by atoms with Gasteiger partial charge in [-0.3, -0.25) is 9.59 Å². The van der Waals surface area contributed by atoms with Crippen LogP contribution in [0.5, 0.6) is 0 Å². The SMILES string of the molecule is CC(=O)NC(CCCCB1OC(C)(C)C(C)(C)O1)(C(=O)NC(C)(C)C)C1CCN(S(=O)(=O)N(C)C)CC1. The second-order valence-corrected chi connectivity index (χ2v) is 14.9. The van der Waals surface area contributed by atoms with E-state index in [0.29, 0.717) is 45.1 Å². The van der Waals surface area contributed by atoms with Gasteiger partial charge in [0.15, 0.2) is 0 Å². The van der Waals surface area contributed by atoms with Gasteiger partial charge in [-0.25, -0.2) is 0 Å². The van der Waals surface area contributed by atoms with Crippen LogP contribution < -0.4 is 10.6 Å². The third-order valence-corrected chi connectivity index (χ3v) is 9.73. The number of hydrogen-bond acceptors (Lipinski definition) is 6. The smallest absolute Gasteiger partial charge is 0.403 e. The molecule has 214 valence electrons. The Labute approximate surface area is 224 Å². The van der Waals surface area contributed by atoms with Crippen LogP contribution in [0.2, 0.25) is 6.32 Å². The number of unbranched alkanes of at least 4 members (excludes halogenated alkanes) is 1. The fraction of sp³-hybridized carbons (Fsp3) is 0.920. The first kappa shape index (κ1) is 32.0. The van der Waals surface area contributed by atoms with Gasteiger partial charge in [-0.2, -0.15) is 17.0 Å². The van der Waals surface area contributed by atoms with Crippen LogP contribution >= 0.6 is 0 Å². The molecule has 0 aromatic heterocycles. The summed E-state index contributed by atoms with van der Waals surface area (Å²) in [5, 5.41) is 6.11. The summed E-state index contributed by atoms with van der Waals surface area (Å²) in [6.07, 6.45) is 3.51. The molecule has 12 heteroatoms. The molecule has 2 N–H and O–H groups in total. The predicted octanol–water partition coefficient (Wildman–Crippen LogP) is 2.56. The van der Waals surface area contributed by atoms with E-state index in [-0.39, 0.29) is 24.9 Å². The minimum atomic E-state index is -3.54. The molecule has 37 heavy (non-hydrogen) atoms. The lowest BCUT2D eigenvalue weighted by atomic mass is 9.72. The summed E-state index contributed by atoms with van der Waals surface area (Å²) < 4.78 is 40.2. The van der Waals surface area contributed by atoms with E-state index in [1.165, 1.54) is 29.6 Å². The highest BCUT2D eigenvalue weighted by Gasteiger charge is 2.51. The lowest BCUT2D eigenvalue weighted by Crippen LogP contribution is -2.66. The highest BCUT2D eigenvalue weighted by Crippen LogP contribution is 2.39. The van der Waals surface area contributed by atoms with Gasteiger partial charge in [0.1, 0.15) is 5.54 Å². The zero-order valence-corrected chi connectivity index (χ0v) is 25.4. The summed E-state index contributed by atoms with van der Waals surface area (Å²) in [6, 6.07) is 0. The van der Waals surface area contributed by atoms with E-state index < -0.39 is 32.5 Å². The monoisotopic (exact) mass is 544 g/mol. The van der Waals surface area contributed by atoms with Crippen LogP contribution in [0, 0.1) is 5.92 Å². The number of nitrogens with zero attached hydrogens (tertiary/aromatic N) is 2. The van der Waals surface area contributed by atoms with Crippen molar-refractivity contribution in [2.45, 2.75) is 116 Å². The number of carbonyl (C=O) groups is 2. The molecule has 0 aromatic carbocycles. The van der Waals surface area contributed by atoms with Gasteiger partial charge in [-0.05, 0) is 80.0 Å². The zero-order valence-electron chi connectivity index (χ0n) is 24.6. The van der Waals surface area contributed by atoms with E-state index in [4.69, 9.17) is 9.31 Å². The minimum Gasteiger partial charge on any atom is -0.403 e. The summed E-state index contributed by atoms with van der Waals surface area (Å²) >= 11 is 0. The molecule has 0 spiro atoms. The Hall–Kier alpha value is -1.21. The molecular formula is C25H49BN4O6S. The van der Waals surface area contributed by atoms with Gasteiger partial charge in [0, 0.05) is 39.6 Å². The Morgan fingerprint density at radius 1 is 1.00 bits per heavy atom. The number of hydrogen-bond donors (Lipinski definition) is 2. The second-order valence-electron chi connectivity index (χ2n) is 12.8. The number of carbonyl (C=O) groups excluding carboxylic acids is 2. The van der Waals surface area contributed by atoms with Crippen molar-refractivity contribution in [3.63, 3.8) is 0 Å². The van der Waals surface area contributed by atoms with Gasteiger partial charge in [-0.1, -0.05) is 12.8 Å².